The van der Waals surface area contributed by atoms with Crippen molar-refractivity contribution in [3.05, 3.63) is 53.5 Å². The van der Waals surface area contributed by atoms with Crippen LogP contribution in [0.15, 0.2) is 47.9 Å². The van der Waals surface area contributed by atoms with Crippen molar-refractivity contribution in [1.29, 1.82) is 0 Å². The first-order valence-electron chi connectivity index (χ1n) is 17.2. The second kappa shape index (κ2) is 17.2. The average Bonchev–Trinajstić information content (AvgIpc) is 2.99. The summed E-state index contributed by atoms with van der Waals surface area (Å²) in [6.45, 7) is 24.1. The van der Waals surface area contributed by atoms with E-state index in [0.29, 0.717) is 28.8 Å². The molecule has 262 valence electrons. The van der Waals surface area contributed by atoms with E-state index >= 15 is 0 Å². The first-order chi connectivity index (χ1) is 21.4. The van der Waals surface area contributed by atoms with Gasteiger partial charge in [0.2, 0.25) is 0 Å². The fraction of sp³-hybridized carbons (Fsp3) is 0.711. The number of aliphatic hydroxyl groups excluding tert-OH is 1. The Balaban J connectivity index is 2.29. The van der Waals surface area contributed by atoms with Crippen LogP contribution in [0.3, 0.4) is 0 Å². The van der Waals surface area contributed by atoms with Gasteiger partial charge < -0.3 is 28.5 Å². The number of esters is 1. The number of methoxy groups -OCH3 is 3. The van der Waals surface area contributed by atoms with Crippen LogP contribution in [0.4, 0.5) is 0 Å². The fourth-order valence-corrected chi connectivity index (χ4v) is 13.0. The third kappa shape index (κ3) is 9.63. The van der Waals surface area contributed by atoms with E-state index in [4.69, 9.17) is 23.4 Å². The van der Waals surface area contributed by atoms with Gasteiger partial charge in [-0.3, -0.25) is 0 Å². The van der Waals surface area contributed by atoms with E-state index in [-0.39, 0.29) is 30.0 Å². The van der Waals surface area contributed by atoms with Crippen LogP contribution in [-0.4, -0.2) is 52.9 Å². The Morgan fingerprint density at radius 1 is 1.00 bits per heavy atom. The Kier molecular flexibility index (Phi) is 14.9. The van der Waals surface area contributed by atoms with Crippen molar-refractivity contribution < 1.29 is 33.3 Å². The molecule has 46 heavy (non-hydrogen) atoms. The molecule has 6 atom stereocenters. The molecule has 0 aromatic heterocycles. The van der Waals surface area contributed by atoms with Crippen molar-refractivity contribution in [1.82, 2.24) is 0 Å². The van der Waals surface area contributed by atoms with Crippen LogP contribution in [-0.2, 0) is 23.4 Å². The quantitative estimate of drug-likeness (QED) is 0.0771. The van der Waals surface area contributed by atoms with E-state index in [1.807, 2.05) is 24.3 Å². The molecule has 1 heterocycles. The van der Waals surface area contributed by atoms with Crippen molar-refractivity contribution in [3.8, 4) is 5.75 Å². The molecule has 8 heteroatoms. The third-order valence-electron chi connectivity index (χ3n) is 10.3. The zero-order valence-corrected chi connectivity index (χ0v) is 32.2. The number of rotatable bonds is 17. The zero-order chi connectivity index (χ0) is 35.0. The van der Waals surface area contributed by atoms with Gasteiger partial charge in [0, 0.05) is 24.4 Å². The minimum atomic E-state index is -2.32. The van der Waals surface area contributed by atoms with Crippen LogP contribution in [0, 0.1) is 23.2 Å². The monoisotopic (exact) mass is 660 g/mol. The van der Waals surface area contributed by atoms with Gasteiger partial charge in [-0.05, 0) is 65.6 Å². The second-order valence-corrected chi connectivity index (χ2v) is 20.4. The highest BCUT2D eigenvalue weighted by molar-refractivity contribution is 6.77. The number of allylic oxidation sites excluding steroid dienone is 2. The molecule has 2 rings (SSSR count). The van der Waals surface area contributed by atoms with Crippen molar-refractivity contribution in [2.45, 2.75) is 130 Å². The molecular formula is C38H64O7Si. The highest BCUT2D eigenvalue weighted by atomic mass is 28.4. The molecule has 0 saturated heterocycles. The summed E-state index contributed by atoms with van der Waals surface area (Å²) in [6.07, 6.45) is 4.95. The van der Waals surface area contributed by atoms with Gasteiger partial charge in [-0.2, -0.15) is 0 Å². The molecule has 0 aliphatic carbocycles. The number of carbonyl (C=O) groups excluding carboxylic acids is 1. The summed E-state index contributed by atoms with van der Waals surface area (Å²) in [5.41, 5.74) is 1.74. The summed E-state index contributed by atoms with van der Waals surface area (Å²) in [5, 5.41) is 11.2. The topological polar surface area (TPSA) is 83.5 Å². The van der Waals surface area contributed by atoms with Gasteiger partial charge in [0.05, 0.1) is 38.3 Å². The predicted molar refractivity (Wildman–Crippen MR) is 189 cm³/mol. The van der Waals surface area contributed by atoms with Gasteiger partial charge in [0.15, 0.2) is 0 Å². The lowest BCUT2D eigenvalue weighted by atomic mass is 9.77. The van der Waals surface area contributed by atoms with Gasteiger partial charge in [-0.15, -0.1) is 0 Å². The van der Waals surface area contributed by atoms with Gasteiger partial charge in [0.1, 0.15) is 17.6 Å². The van der Waals surface area contributed by atoms with Crippen LogP contribution in [0.5, 0.6) is 5.75 Å². The molecule has 0 fully saturated rings. The minimum absolute atomic E-state index is 0.0577. The maximum absolute atomic E-state index is 12.6. The standard InChI is InChI=1S/C38H64O7Si/c1-24(2)46(25(3)4,26(5)6)45-34(22-36(40)43-14)28(8)23-38(10,11)35-21-32(39)29(9)37(44-35)27(7)18-19-33(42-13)30-16-15-17-31(20-30)41-12/h15-17,20-22,24-29,32-33,37,39H,18-19,23H2,1-14H3/b34-22+/t27-,28+,29-,32+,33-,37+/m0/s1. The van der Waals surface area contributed by atoms with Crippen LogP contribution >= 0.6 is 0 Å². The molecule has 0 unspecified atom stereocenters. The molecule has 0 spiro atoms. The lowest BCUT2D eigenvalue weighted by Crippen LogP contribution is -2.48. The molecule has 1 aliphatic heterocycles. The Morgan fingerprint density at radius 2 is 1.61 bits per heavy atom. The van der Waals surface area contributed by atoms with Gasteiger partial charge in [-0.25, -0.2) is 4.79 Å². The van der Waals surface area contributed by atoms with E-state index in [1.54, 1.807) is 20.3 Å². The summed E-state index contributed by atoms with van der Waals surface area (Å²) >= 11 is 0. The van der Waals surface area contributed by atoms with E-state index in [2.05, 4.69) is 82.2 Å². The zero-order valence-electron chi connectivity index (χ0n) is 31.2. The highest BCUT2D eigenvalue weighted by Crippen LogP contribution is 2.47. The first-order valence-corrected chi connectivity index (χ1v) is 19.3. The number of hydrogen-bond acceptors (Lipinski definition) is 7. The van der Waals surface area contributed by atoms with Crippen molar-refractivity contribution in [3.63, 3.8) is 0 Å². The molecule has 0 bridgehead atoms. The lowest BCUT2D eigenvalue weighted by molar-refractivity contribution is -0.135. The summed E-state index contributed by atoms with van der Waals surface area (Å²) in [5.74, 6) is 1.91. The molecule has 7 nitrogen and oxygen atoms in total. The summed E-state index contributed by atoms with van der Waals surface area (Å²) in [4.78, 5) is 12.6. The largest absolute Gasteiger partial charge is 0.545 e. The van der Waals surface area contributed by atoms with Gasteiger partial charge in [0.25, 0.3) is 8.32 Å². The van der Waals surface area contributed by atoms with Crippen LogP contribution < -0.4 is 4.74 Å². The summed E-state index contributed by atoms with van der Waals surface area (Å²) < 4.78 is 30.2. The van der Waals surface area contributed by atoms with Crippen LogP contribution in [0.1, 0.15) is 107 Å². The second-order valence-electron chi connectivity index (χ2n) is 15.0. The molecule has 0 amide bonds. The van der Waals surface area contributed by atoms with E-state index < -0.39 is 25.8 Å². The molecule has 1 N–H and O–H groups in total. The maximum atomic E-state index is 12.6. The SMILES string of the molecule is COC(=O)/C=C(/O[Si](C(C)C)(C(C)C)C(C)C)[C@H](C)CC(C)(C)C1=C[C@@H](O)[C@H](C)[C@@H]([C@@H](C)CC[C@H](OC)c2cccc(OC)c2)O1. The van der Waals surface area contributed by atoms with E-state index in [9.17, 15) is 9.90 Å². The summed E-state index contributed by atoms with van der Waals surface area (Å²) in [6, 6.07) is 8.01. The predicted octanol–water partition coefficient (Wildman–Crippen LogP) is 9.38. The molecular weight excluding hydrogens is 596 g/mol. The molecule has 0 radical (unpaired) electrons. The smallest absolute Gasteiger partial charge is 0.333 e. The van der Waals surface area contributed by atoms with Crippen molar-refractivity contribution >= 4 is 14.3 Å². The van der Waals surface area contributed by atoms with E-state index in [0.717, 1.165) is 29.9 Å². The average molecular weight is 661 g/mol. The Morgan fingerprint density at radius 3 is 2.13 bits per heavy atom. The van der Waals surface area contributed by atoms with Gasteiger partial charge in [-0.1, -0.05) is 88.3 Å². The normalized spacial score (nSPS) is 21.5. The molecule has 1 aromatic rings. The Bertz CT molecular complexity index is 1150. The van der Waals surface area contributed by atoms with Crippen LogP contribution in [0.2, 0.25) is 16.6 Å². The molecule has 0 saturated carbocycles. The van der Waals surface area contributed by atoms with Gasteiger partial charge >= 0.3 is 5.97 Å². The fourth-order valence-electron chi connectivity index (χ4n) is 7.63. The lowest BCUT2D eigenvalue weighted by Gasteiger charge is -2.45. The summed E-state index contributed by atoms with van der Waals surface area (Å²) in [7, 11) is 2.49. The van der Waals surface area contributed by atoms with Crippen LogP contribution in [0.25, 0.3) is 0 Å². The van der Waals surface area contributed by atoms with Crippen molar-refractivity contribution in [2.75, 3.05) is 21.3 Å². The molecule has 1 aromatic carbocycles. The number of aliphatic hydroxyl groups is 1. The maximum Gasteiger partial charge on any atom is 0.333 e. The number of ether oxygens (including phenoxy) is 4. The molecule has 1 aliphatic rings. The Labute approximate surface area is 281 Å². The first kappa shape index (κ1) is 39.9. The Hall–Kier alpha value is -2.29. The van der Waals surface area contributed by atoms with E-state index in [1.165, 1.54) is 7.11 Å². The number of carbonyl (C=O) groups is 1. The highest BCUT2D eigenvalue weighted by Gasteiger charge is 2.48. The number of benzene rings is 1. The third-order valence-corrected chi connectivity index (χ3v) is 16.3. The minimum Gasteiger partial charge on any atom is -0.545 e. The van der Waals surface area contributed by atoms with Crippen molar-refractivity contribution in [2.24, 2.45) is 23.2 Å². The number of hydrogen-bond donors (Lipinski definition) is 1.